The molecule has 0 spiro atoms. The van der Waals surface area contributed by atoms with Crippen LogP contribution in [0.2, 0.25) is 0 Å². The summed E-state index contributed by atoms with van der Waals surface area (Å²) in [6.45, 7) is 4.29. The van der Waals surface area contributed by atoms with Gasteiger partial charge >= 0.3 is 0 Å². The third kappa shape index (κ3) is 3.85. The number of hydrogen-bond donors (Lipinski definition) is 1. The molecule has 0 bridgehead atoms. The zero-order valence-corrected chi connectivity index (χ0v) is 17.3. The summed E-state index contributed by atoms with van der Waals surface area (Å²) in [7, 11) is 0. The summed E-state index contributed by atoms with van der Waals surface area (Å²) >= 11 is 0. The van der Waals surface area contributed by atoms with Gasteiger partial charge in [-0.3, -0.25) is 4.99 Å². The van der Waals surface area contributed by atoms with Gasteiger partial charge in [0, 0.05) is 28.8 Å². The fraction of sp³-hybridized carbons (Fsp3) is 0.296. The van der Waals surface area contributed by atoms with Crippen molar-refractivity contribution >= 4 is 6.21 Å². The summed E-state index contributed by atoms with van der Waals surface area (Å²) in [6, 6.07) is 25.4. The Balaban J connectivity index is 1.87. The molecule has 29 heavy (non-hydrogen) atoms. The molecule has 2 heteroatoms. The van der Waals surface area contributed by atoms with Gasteiger partial charge in [0.2, 0.25) is 0 Å². The van der Waals surface area contributed by atoms with Crippen LogP contribution >= 0.6 is 0 Å². The maximum atomic E-state index is 11.4. The Morgan fingerprint density at radius 1 is 0.897 bits per heavy atom. The molecule has 2 nitrogen and oxygen atoms in total. The van der Waals surface area contributed by atoms with E-state index < -0.39 is 5.41 Å². The SMILES string of the molecule is Cc1cc(C=NC2CCCC2)c(O)c(C(C)(c2ccccc2)c2ccccc2)c1. The van der Waals surface area contributed by atoms with Gasteiger partial charge in [-0.25, -0.2) is 0 Å². The highest BCUT2D eigenvalue weighted by atomic mass is 16.3. The van der Waals surface area contributed by atoms with Gasteiger partial charge in [0.15, 0.2) is 0 Å². The fourth-order valence-electron chi connectivity index (χ4n) is 4.55. The van der Waals surface area contributed by atoms with E-state index in [-0.39, 0.29) is 0 Å². The highest BCUT2D eigenvalue weighted by Crippen LogP contribution is 2.44. The van der Waals surface area contributed by atoms with E-state index in [1.807, 2.05) is 24.4 Å². The Kier molecular flexibility index (Phi) is 5.53. The lowest BCUT2D eigenvalue weighted by molar-refractivity contribution is 0.456. The molecule has 3 aromatic rings. The average molecular weight is 384 g/mol. The molecule has 0 atom stereocenters. The molecule has 0 aromatic heterocycles. The molecule has 148 valence electrons. The second kappa shape index (κ2) is 8.24. The summed E-state index contributed by atoms with van der Waals surface area (Å²) < 4.78 is 0. The lowest BCUT2D eigenvalue weighted by atomic mass is 9.70. The van der Waals surface area contributed by atoms with Gasteiger partial charge in [0.05, 0.1) is 0 Å². The van der Waals surface area contributed by atoms with Gasteiger partial charge in [-0.15, -0.1) is 0 Å². The van der Waals surface area contributed by atoms with Gasteiger partial charge in [-0.2, -0.15) is 0 Å². The zero-order valence-electron chi connectivity index (χ0n) is 17.3. The van der Waals surface area contributed by atoms with E-state index in [9.17, 15) is 5.11 Å². The van der Waals surface area contributed by atoms with Crippen molar-refractivity contribution in [2.24, 2.45) is 4.99 Å². The van der Waals surface area contributed by atoms with Crippen LogP contribution in [0.4, 0.5) is 0 Å². The van der Waals surface area contributed by atoms with E-state index in [1.165, 1.54) is 12.8 Å². The van der Waals surface area contributed by atoms with Crippen LogP contribution in [0.25, 0.3) is 0 Å². The van der Waals surface area contributed by atoms with Gasteiger partial charge < -0.3 is 5.11 Å². The van der Waals surface area contributed by atoms with Gasteiger partial charge in [-0.05, 0) is 49.4 Å². The van der Waals surface area contributed by atoms with Crippen LogP contribution in [0.3, 0.4) is 0 Å². The molecule has 1 saturated carbocycles. The largest absolute Gasteiger partial charge is 0.507 e. The first-order chi connectivity index (χ1) is 14.1. The molecule has 1 fully saturated rings. The zero-order chi connectivity index (χ0) is 20.3. The first-order valence-electron chi connectivity index (χ1n) is 10.6. The van der Waals surface area contributed by atoms with E-state index in [1.54, 1.807) is 0 Å². The topological polar surface area (TPSA) is 32.6 Å². The van der Waals surface area contributed by atoms with E-state index >= 15 is 0 Å². The van der Waals surface area contributed by atoms with E-state index in [0.29, 0.717) is 11.8 Å². The lowest BCUT2D eigenvalue weighted by Crippen LogP contribution is -2.26. The van der Waals surface area contributed by atoms with Crippen LogP contribution in [0, 0.1) is 6.92 Å². The molecule has 4 rings (SSSR count). The minimum atomic E-state index is -0.464. The monoisotopic (exact) mass is 383 g/mol. The van der Waals surface area contributed by atoms with Crippen molar-refractivity contribution in [2.75, 3.05) is 0 Å². The molecule has 1 aliphatic rings. The third-order valence-corrected chi connectivity index (χ3v) is 6.27. The second-order valence-electron chi connectivity index (χ2n) is 8.32. The summed E-state index contributed by atoms with van der Waals surface area (Å²) in [6.07, 6.45) is 6.71. The number of phenolic OH excluding ortho intramolecular Hbond substituents is 1. The Hall–Kier alpha value is -2.87. The normalized spacial score (nSPS) is 15.2. The number of nitrogens with zero attached hydrogens (tertiary/aromatic N) is 1. The molecule has 0 saturated heterocycles. The van der Waals surface area contributed by atoms with Gasteiger partial charge in [0.25, 0.3) is 0 Å². The first kappa shape index (κ1) is 19.4. The number of phenols is 1. The van der Waals surface area contributed by atoms with Gasteiger partial charge in [0.1, 0.15) is 5.75 Å². The molecule has 0 heterocycles. The number of aryl methyl sites for hydroxylation is 1. The van der Waals surface area contributed by atoms with E-state index in [0.717, 1.165) is 40.7 Å². The molecular formula is C27H29NO. The molecule has 1 aliphatic carbocycles. The number of benzene rings is 3. The molecule has 0 unspecified atom stereocenters. The Morgan fingerprint density at radius 3 is 2.00 bits per heavy atom. The third-order valence-electron chi connectivity index (χ3n) is 6.27. The van der Waals surface area contributed by atoms with Crippen LogP contribution in [0.1, 0.15) is 60.4 Å². The number of rotatable bonds is 5. The Labute approximate surface area is 174 Å². The molecular weight excluding hydrogens is 354 g/mol. The number of aromatic hydroxyl groups is 1. The van der Waals surface area contributed by atoms with Crippen molar-refractivity contribution in [3.05, 3.63) is 101 Å². The fourth-order valence-corrected chi connectivity index (χ4v) is 4.55. The smallest absolute Gasteiger partial charge is 0.128 e. The summed E-state index contributed by atoms with van der Waals surface area (Å²) in [5.41, 5.74) is 4.71. The lowest BCUT2D eigenvalue weighted by Gasteiger charge is -2.33. The average Bonchev–Trinajstić information content (AvgIpc) is 3.28. The molecule has 0 radical (unpaired) electrons. The summed E-state index contributed by atoms with van der Waals surface area (Å²) in [5.74, 6) is 0.326. The Morgan fingerprint density at radius 2 is 1.45 bits per heavy atom. The molecule has 0 amide bonds. The standard InChI is InChI=1S/C27H29NO/c1-20-17-21(19-28-24-15-9-10-16-24)26(29)25(18-20)27(2,22-11-5-3-6-12-22)23-13-7-4-8-14-23/h3-8,11-14,17-19,24,29H,9-10,15-16H2,1-2H3. The molecule has 0 aliphatic heterocycles. The Bertz CT molecular complexity index is 946. The second-order valence-corrected chi connectivity index (χ2v) is 8.32. The summed E-state index contributed by atoms with van der Waals surface area (Å²) in [5, 5.41) is 11.4. The first-order valence-corrected chi connectivity index (χ1v) is 10.6. The van der Waals surface area contributed by atoms with Crippen LogP contribution in [-0.2, 0) is 5.41 Å². The van der Waals surface area contributed by atoms with Crippen molar-refractivity contribution in [2.45, 2.75) is 51.0 Å². The van der Waals surface area contributed by atoms with Crippen molar-refractivity contribution in [3.63, 3.8) is 0 Å². The van der Waals surface area contributed by atoms with E-state index in [4.69, 9.17) is 4.99 Å². The van der Waals surface area contributed by atoms with E-state index in [2.05, 4.69) is 68.4 Å². The van der Waals surface area contributed by atoms with Crippen molar-refractivity contribution < 1.29 is 5.11 Å². The van der Waals surface area contributed by atoms with Crippen LogP contribution in [-0.4, -0.2) is 17.4 Å². The summed E-state index contributed by atoms with van der Waals surface area (Å²) in [4.78, 5) is 4.78. The maximum Gasteiger partial charge on any atom is 0.128 e. The van der Waals surface area contributed by atoms with Gasteiger partial charge in [-0.1, -0.05) is 79.6 Å². The van der Waals surface area contributed by atoms with Crippen LogP contribution < -0.4 is 0 Å². The minimum Gasteiger partial charge on any atom is -0.507 e. The number of aliphatic imine (C=N–C) groups is 1. The molecule has 1 N–H and O–H groups in total. The highest BCUT2D eigenvalue weighted by molar-refractivity contribution is 5.85. The van der Waals surface area contributed by atoms with Crippen LogP contribution in [0.5, 0.6) is 5.75 Å². The van der Waals surface area contributed by atoms with Crippen LogP contribution in [0.15, 0.2) is 77.8 Å². The number of hydrogen-bond acceptors (Lipinski definition) is 2. The predicted octanol–water partition coefficient (Wildman–Crippen LogP) is 6.42. The minimum absolute atomic E-state index is 0.326. The van der Waals surface area contributed by atoms with Crippen molar-refractivity contribution in [3.8, 4) is 5.75 Å². The quantitative estimate of drug-likeness (QED) is 0.400. The van der Waals surface area contributed by atoms with Crippen molar-refractivity contribution in [1.82, 2.24) is 0 Å². The maximum absolute atomic E-state index is 11.4. The molecule has 3 aromatic carbocycles. The predicted molar refractivity (Wildman–Crippen MR) is 121 cm³/mol. The highest BCUT2D eigenvalue weighted by Gasteiger charge is 2.34. The van der Waals surface area contributed by atoms with Crippen molar-refractivity contribution in [1.29, 1.82) is 0 Å².